The van der Waals surface area contributed by atoms with Crippen LogP contribution in [0.4, 0.5) is 26.3 Å². The summed E-state index contributed by atoms with van der Waals surface area (Å²) in [7, 11) is 0. The lowest BCUT2D eigenvalue weighted by Gasteiger charge is -2.25. The van der Waals surface area contributed by atoms with Crippen LogP contribution in [0.1, 0.15) is 29.2 Å². The van der Waals surface area contributed by atoms with Crippen molar-refractivity contribution in [3.8, 4) is 6.07 Å². The predicted octanol–water partition coefficient (Wildman–Crippen LogP) is 4.58. The molecule has 0 saturated carbocycles. The Morgan fingerprint density at radius 3 is 2.10 bits per heavy atom. The molecule has 1 atom stereocenters. The van der Waals surface area contributed by atoms with Gasteiger partial charge < -0.3 is 5.73 Å². The number of fused-ring (bicyclic) bond motifs is 1. The quantitative estimate of drug-likeness (QED) is 0.458. The zero-order chi connectivity index (χ0) is 23.2. The molecule has 3 aromatic rings. The highest BCUT2D eigenvalue weighted by molar-refractivity contribution is 7.80. The van der Waals surface area contributed by atoms with Gasteiger partial charge in [-0.2, -0.15) is 46.6 Å². The lowest BCUT2D eigenvalue weighted by molar-refractivity contribution is -0.138. The third kappa shape index (κ3) is 4.46. The number of alkyl halides is 6. The van der Waals surface area contributed by atoms with Gasteiger partial charge in [0, 0.05) is 5.56 Å². The largest absolute Gasteiger partial charge is 0.416 e. The van der Waals surface area contributed by atoms with Crippen LogP contribution in [0.25, 0.3) is 11.0 Å². The fourth-order valence-electron chi connectivity index (χ4n) is 3.06. The molecule has 12 heteroatoms. The molecule has 162 valence electrons. The van der Waals surface area contributed by atoms with Crippen LogP contribution >= 0.6 is 12.2 Å². The molecule has 1 aromatic heterocycles. The number of nitrogens with two attached hydrogens (primary N) is 1. The molecule has 0 radical (unpaired) electrons. The monoisotopic (exact) mass is 457 g/mol. The van der Waals surface area contributed by atoms with Crippen molar-refractivity contribution in [2.45, 2.75) is 31.2 Å². The first-order valence-corrected chi connectivity index (χ1v) is 9.00. The minimum Gasteiger partial charge on any atom is -0.389 e. The maximum atomic E-state index is 13.2. The molecule has 2 N–H and O–H groups in total. The molecule has 0 aliphatic heterocycles. The van der Waals surface area contributed by atoms with Crippen molar-refractivity contribution in [2.24, 2.45) is 5.73 Å². The molecule has 0 amide bonds. The van der Waals surface area contributed by atoms with Gasteiger partial charge in [0.1, 0.15) is 21.4 Å². The van der Waals surface area contributed by atoms with E-state index in [1.54, 1.807) is 0 Å². The summed E-state index contributed by atoms with van der Waals surface area (Å²) in [5.74, 6) is 0. The van der Waals surface area contributed by atoms with Gasteiger partial charge in [-0.15, -0.1) is 0 Å². The van der Waals surface area contributed by atoms with Crippen molar-refractivity contribution in [1.82, 2.24) is 15.0 Å². The van der Waals surface area contributed by atoms with Crippen LogP contribution in [0, 0.1) is 11.3 Å². The Labute approximate surface area is 177 Å². The molecular weight excluding hydrogens is 444 g/mol. The molecule has 0 bridgehead atoms. The number of hydrogen-bond acceptors (Lipinski definition) is 4. The molecule has 1 unspecified atom stereocenters. The Hall–Kier alpha value is -3.20. The minimum atomic E-state index is -4.67. The van der Waals surface area contributed by atoms with Gasteiger partial charge in [-0.1, -0.05) is 18.3 Å². The molecule has 1 heterocycles. The van der Waals surface area contributed by atoms with Crippen molar-refractivity contribution in [3.05, 3.63) is 58.7 Å². The average Bonchev–Trinajstić information content (AvgIpc) is 3.07. The Morgan fingerprint density at radius 2 is 1.55 bits per heavy atom. The summed E-state index contributed by atoms with van der Waals surface area (Å²) in [5.41, 5.74) is 2.12. The summed E-state index contributed by atoms with van der Waals surface area (Å²) >= 11 is 4.91. The number of thiocarbonyl (C=S) groups is 1. The van der Waals surface area contributed by atoms with Crippen molar-refractivity contribution in [2.75, 3.05) is 0 Å². The zero-order valence-electron chi connectivity index (χ0n) is 15.7. The fraction of sp³-hybridized carbons (Fsp3) is 0.263. The van der Waals surface area contributed by atoms with E-state index in [-0.39, 0.29) is 33.7 Å². The standard InChI is InChI=1S/C19H13F6N5S/c1-17(8-26,13-6-10(18(20,21)22)2-4-12(13)16(27)31)9-30-28-14-5-3-11(19(23,24)25)7-15(14)29-30/h2-7H,9H2,1H3,(H2,27,31). The van der Waals surface area contributed by atoms with Gasteiger partial charge in [0.05, 0.1) is 23.7 Å². The molecule has 2 aromatic carbocycles. The van der Waals surface area contributed by atoms with E-state index >= 15 is 0 Å². The van der Waals surface area contributed by atoms with Crippen LogP contribution in [0.15, 0.2) is 36.4 Å². The first-order chi connectivity index (χ1) is 14.2. The van der Waals surface area contributed by atoms with E-state index in [0.717, 1.165) is 41.2 Å². The number of rotatable bonds is 4. The van der Waals surface area contributed by atoms with Crippen LogP contribution in [0.5, 0.6) is 0 Å². The summed E-state index contributed by atoms with van der Waals surface area (Å²) in [5, 5.41) is 17.8. The van der Waals surface area contributed by atoms with Gasteiger partial charge in [-0.05, 0) is 42.8 Å². The lowest BCUT2D eigenvalue weighted by Crippen LogP contribution is -2.31. The topological polar surface area (TPSA) is 80.5 Å². The van der Waals surface area contributed by atoms with Crippen molar-refractivity contribution >= 4 is 28.2 Å². The average molecular weight is 457 g/mol. The van der Waals surface area contributed by atoms with Crippen LogP contribution in [0.2, 0.25) is 0 Å². The predicted molar refractivity (Wildman–Crippen MR) is 103 cm³/mol. The van der Waals surface area contributed by atoms with E-state index in [9.17, 15) is 31.6 Å². The Bertz CT molecular complexity index is 1210. The maximum absolute atomic E-state index is 13.2. The first kappa shape index (κ1) is 22.5. The Morgan fingerprint density at radius 1 is 1.00 bits per heavy atom. The summed E-state index contributed by atoms with van der Waals surface area (Å²) < 4.78 is 78.4. The fourth-order valence-corrected chi connectivity index (χ4v) is 3.24. The Kier molecular flexibility index (Phi) is 5.43. The molecule has 0 saturated heterocycles. The first-order valence-electron chi connectivity index (χ1n) is 8.59. The number of benzene rings is 2. The number of halogens is 6. The third-order valence-corrected chi connectivity index (χ3v) is 4.88. The molecular formula is C19H13F6N5S. The molecule has 31 heavy (non-hydrogen) atoms. The molecule has 0 spiro atoms. The van der Waals surface area contributed by atoms with Crippen molar-refractivity contribution in [3.63, 3.8) is 0 Å². The van der Waals surface area contributed by atoms with Gasteiger partial charge in [0.2, 0.25) is 0 Å². The van der Waals surface area contributed by atoms with Crippen molar-refractivity contribution in [1.29, 1.82) is 5.26 Å². The van der Waals surface area contributed by atoms with E-state index in [0.29, 0.717) is 0 Å². The van der Waals surface area contributed by atoms with Gasteiger partial charge in [-0.3, -0.25) is 0 Å². The Balaban J connectivity index is 2.09. The van der Waals surface area contributed by atoms with Crippen molar-refractivity contribution < 1.29 is 26.3 Å². The summed E-state index contributed by atoms with van der Waals surface area (Å²) in [6, 6.07) is 7.35. The number of hydrogen-bond donors (Lipinski definition) is 1. The van der Waals surface area contributed by atoms with Crippen LogP contribution in [-0.4, -0.2) is 20.0 Å². The van der Waals surface area contributed by atoms with Gasteiger partial charge >= 0.3 is 12.4 Å². The lowest BCUT2D eigenvalue weighted by atomic mass is 9.80. The second-order valence-corrected chi connectivity index (χ2v) is 7.44. The highest BCUT2D eigenvalue weighted by Gasteiger charge is 2.37. The maximum Gasteiger partial charge on any atom is 0.416 e. The van der Waals surface area contributed by atoms with Gasteiger partial charge in [-0.25, -0.2) is 0 Å². The van der Waals surface area contributed by atoms with E-state index < -0.39 is 28.9 Å². The van der Waals surface area contributed by atoms with Crippen LogP contribution in [0.3, 0.4) is 0 Å². The van der Waals surface area contributed by atoms with Crippen LogP contribution in [-0.2, 0) is 24.3 Å². The molecule has 5 nitrogen and oxygen atoms in total. The number of nitriles is 1. The highest BCUT2D eigenvalue weighted by Crippen LogP contribution is 2.36. The summed E-state index contributed by atoms with van der Waals surface area (Å²) in [4.78, 5) is 0.760. The molecule has 3 rings (SSSR count). The van der Waals surface area contributed by atoms with Gasteiger partial charge in [0.15, 0.2) is 0 Å². The molecule has 0 aliphatic carbocycles. The van der Waals surface area contributed by atoms with Crippen LogP contribution < -0.4 is 5.73 Å². The van der Waals surface area contributed by atoms with E-state index in [4.69, 9.17) is 18.0 Å². The minimum absolute atomic E-state index is 0.0723. The van der Waals surface area contributed by atoms with Gasteiger partial charge in [0.25, 0.3) is 0 Å². The van der Waals surface area contributed by atoms with E-state index in [2.05, 4.69) is 10.2 Å². The SMILES string of the molecule is CC(C#N)(Cn1nc2ccc(C(F)(F)F)cc2n1)c1cc(C(F)(F)F)ccc1C(N)=S. The number of aromatic nitrogens is 3. The normalized spacial score (nSPS) is 14.3. The highest BCUT2D eigenvalue weighted by atomic mass is 32.1. The zero-order valence-corrected chi connectivity index (χ0v) is 16.5. The summed E-state index contributed by atoms with van der Waals surface area (Å²) in [6.07, 6.45) is -9.25. The number of nitrogens with zero attached hydrogens (tertiary/aromatic N) is 4. The summed E-state index contributed by atoms with van der Waals surface area (Å²) in [6.45, 7) is 0.996. The second-order valence-electron chi connectivity index (χ2n) is 7.00. The molecule has 0 fully saturated rings. The second kappa shape index (κ2) is 7.49. The van der Waals surface area contributed by atoms with E-state index in [1.165, 1.54) is 6.92 Å². The van der Waals surface area contributed by atoms with E-state index in [1.807, 2.05) is 6.07 Å². The smallest absolute Gasteiger partial charge is 0.389 e. The third-order valence-electron chi connectivity index (χ3n) is 4.66. The molecule has 0 aliphatic rings.